The van der Waals surface area contributed by atoms with E-state index < -0.39 is 6.36 Å². The minimum absolute atomic E-state index is 0.0105. The molecule has 14 atom stereocenters. The quantitative estimate of drug-likeness (QED) is 0.0440. The van der Waals surface area contributed by atoms with E-state index in [1.807, 2.05) is 18.2 Å². The molecule has 0 amide bonds. The van der Waals surface area contributed by atoms with Gasteiger partial charge in [0.15, 0.2) is 34.5 Å². The molecule has 9 aliphatic carbocycles. The van der Waals surface area contributed by atoms with Gasteiger partial charge >= 0.3 is 6.36 Å². The molecule has 6 aromatic rings. The lowest BCUT2D eigenvalue weighted by molar-refractivity contribution is -0.274. The summed E-state index contributed by atoms with van der Waals surface area (Å²) in [5.74, 6) is 5.11. The Labute approximate surface area is 601 Å². The van der Waals surface area contributed by atoms with Gasteiger partial charge in [0, 0.05) is 22.1 Å². The number of ether oxygens (including phenoxy) is 4. The highest BCUT2D eigenvalue weighted by atomic mass is 19.4. The molecule has 550 valence electrons. The average Bonchev–Trinajstić information content (AvgIpc) is 1.71. The van der Waals surface area contributed by atoms with Gasteiger partial charge in [-0.15, -0.1) is 13.2 Å². The Morgan fingerprint density at radius 3 is 1.34 bits per heavy atom. The number of oxime groups is 4. The molecule has 0 aliphatic heterocycles. The third-order valence-corrected chi connectivity index (χ3v) is 25.7. The number of fused-ring (bicyclic) bond motifs is 15. The van der Waals surface area contributed by atoms with Crippen LogP contribution in [-0.4, -0.2) is 93.5 Å². The predicted octanol–water partition coefficient (Wildman–Crippen LogP) is 17.8. The van der Waals surface area contributed by atoms with Crippen LogP contribution in [0.1, 0.15) is 216 Å². The monoisotopic (exact) mass is 1420 g/mol. The largest absolute Gasteiger partial charge is 0.573 e. The van der Waals surface area contributed by atoms with Crippen molar-refractivity contribution < 1.29 is 77.4 Å². The van der Waals surface area contributed by atoms with Crippen LogP contribution in [0.2, 0.25) is 0 Å². The Morgan fingerprint density at radius 1 is 0.505 bits per heavy atom. The summed E-state index contributed by atoms with van der Waals surface area (Å²) in [7, 11) is 4.69. The molecule has 9 aliphatic rings. The van der Waals surface area contributed by atoms with Crippen LogP contribution in [0.3, 0.4) is 0 Å². The number of aryl methyl sites for hydroxylation is 1. The maximum Gasteiger partial charge on any atom is 0.573 e. The van der Waals surface area contributed by atoms with Crippen LogP contribution < -0.4 is 18.9 Å². The molecule has 0 saturated heterocycles. The summed E-state index contributed by atoms with van der Waals surface area (Å²) < 4.78 is 57.9. The zero-order valence-corrected chi connectivity index (χ0v) is 60.5. The van der Waals surface area contributed by atoms with Crippen molar-refractivity contribution in [2.75, 3.05) is 21.3 Å². The van der Waals surface area contributed by atoms with E-state index in [0.29, 0.717) is 95.5 Å². The number of aromatic hydroxyl groups is 3. The lowest BCUT2D eigenvalue weighted by atomic mass is 9.55. The van der Waals surface area contributed by atoms with Crippen molar-refractivity contribution in [3.63, 3.8) is 0 Å². The summed E-state index contributed by atoms with van der Waals surface area (Å²) >= 11 is 0. The molecule has 103 heavy (non-hydrogen) atoms. The van der Waals surface area contributed by atoms with Crippen molar-refractivity contribution in [3.8, 4) is 40.2 Å². The number of methoxy groups -OCH3 is 3. The number of rotatable bonds is 14. The lowest BCUT2D eigenvalue weighted by Crippen LogP contribution is -2.45. The van der Waals surface area contributed by atoms with E-state index in [9.17, 15) is 43.9 Å². The first-order valence-electron chi connectivity index (χ1n) is 36.7. The van der Waals surface area contributed by atoms with E-state index in [1.165, 1.54) is 47.6 Å². The number of benzene rings is 6. The molecule has 0 heterocycles. The minimum atomic E-state index is -4.77. The first kappa shape index (κ1) is 72.8. The maximum absolute atomic E-state index is 12.6. The smallest absolute Gasteiger partial charge is 0.504 e. The van der Waals surface area contributed by atoms with E-state index in [1.54, 1.807) is 38.5 Å². The number of hydrogen-bond donors (Lipinski definition) is 6. The van der Waals surface area contributed by atoms with Gasteiger partial charge in [-0.3, -0.25) is 0 Å². The molecular weight excluding hydrogens is 1320 g/mol. The number of phenols is 3. The molecule has 17 nitrogen and oxygen atoms in total. The summed E-state index contributed by atoms with van der Waals surface area (Å²) in [5.41, 5.74) is 14.5. The van der Waals surface area contributed by atoms with Gasteiger partial charge in [-0.1, -0.05) is 121 Å². The Kier molecular flexibility index (Phi) is 20.9. The molecular formula is C83H99F3N4O13. The normalized spacial score (nSPS) is 30.7. The molecule has 15 rings (SSSR count). The highest BCUT2D eigenvalue weighted by molar-refractivity contribution is 6.05. The van der Waals surface area contributed by atoms with Crippen LogP contribution in [0.4, 0.5) is 13.2 Å². The average molecular weight is 1420 g/mol. The second-order valence-electron chi connectivity index (χ2n) is 31.4. The van der Waals surface area contributed by atoms with Gasteiger partial charge in [-0.2, -0.15) is 0 Å². The van der Waals surface area contributed by atoms with Crippen LogP contribution in [0, 0.1) is 58.7 Å². The number of aliphatic hydroxyl groups excluding tert-OH is 2. The molecule has 0 bridgehead atoms. The van der Waals surface area contributed by atoms with Crippen molar-refractivity contribution >= 4 is 22.8 Å². The second-order valence-corrected chi connectivity index (χ2v) is 31.4. The maximum atomic E-state index is 12.6. The first-order chi connectivity index (χ1) is 49.3. The Balaban J connectivity index is 0.000000138. The fourth-order valence-corrected chi connectivity index (χ4v) is 20.0. The summed E-state index contributed by atoms with van der Waals surface area (Å²) in [4.78, 5) is 17.3. The summed E-state index contributed by atoms with van der Waals surface area (Å²) in [6, 6.07) is 33.4. The predicted molar refractivity (Wildman–Crippen MR) is 387 cm³/mol. The number of aliphatic hydroxyl groups is 2. The molecule has 0 spiro atoms. The van der Waals surface area contributed by atoms with E-state index in [2.05, 4.69) is 115 Å². The van der Waals surface area contributed by atoms with Crippen molar-refractivity contribution in [1.82, 2.24) is 0 Å². The van der Waals surface area contributed by atoms with Crippen molar-refractivity contribution in [2.24, 2.45) is 72.4 Å². The van der Waals surface area contributed by atoms with Crippen LogP contribution in [0.15, 0.2) is 130 Å². The Morgan fingerprint density at radius 2 is 0.922 bits per heavy atom. The molecule has 0 radical (unpaired) electrons. The van der Waals surface area contributed by atoms with Gasteiger partial charge in [0.25, 0.3) is 0 Å². The SMILES string of the molecule is COc1cc2c(cc1O)/C(=N/OCc1ccc(C(C)C)cc1)C[C@@H]1[C@@H]2CC[C@]2(C)/C(=N/O)CC[C@@H]12.COc1cc2c(cc1O)/C(=N/OCc1ccc(C)cc1)C[C@@H]1[C@@H]2CC[C@]2(C)[C@@H](O)CC[C@@H]12.COc1cc2c(cc1O)/C(=N/OCc1cccc(OC(F)(F)F)c1)C[C@@H]1[C@@H]2CC[C@]2(C)[C@@H](O)CC[C@@H]12. The van der Waals surface area contributed by atoms with Gasteiger partial charge in [0.05, 0.1) is 56.4 Å². The van der Waals surface area contributed by atoms with Gasteiger partial charge in [0.1, 0.15) is 25.6 Å². The van der Waals surface area contributed by atoms with E-state index in [0.717, 1.165) is 140 Å². The zero-order chi connectivity index (χ0) is 72.9. The number of halogens is 3. The van der Waals surface area contributed by atoms with Gasteiger partial charge in [-0.25, -0.2) is 0 Å². The molecule has 6 N–H and O–H groups in total. The van der Waals surface area contributed by atoms with Crippen LogP contribution in [0.25, 0.3) is 0 Å². The van der Waals surface area contributed by atoms with Gasteiger partial charge in [0.2, 0.25) is 0 Å². The van der Waals surface area contributed by atoms with E-state index in [-0.39, 0.29) is 69.9 Å². The highest BCUT2D eigenvalue weighted by Crippen LogP contribution is 2.64. The summed E-state index contributed by atoms with van der Waals surface area (Å²) in [5, 5.41) is 79.9. The van der Waals surface area contributed by atoms with Crippen molar-refractivity contribution in [2.45, 2.75) is 200 Å². The van der Waals surface area contributed by atoms with Crippen LogP contribution in [-0.2, 0) is 34.3 Å². The second kappa shape index (κ2) is 29.6. The standard InChI is InChI=1S/C29H36N2O4.C27H30F3NO5.C27H33NO4/c1-17(2)19-7-5-18(6-8-19)16-35-31-25-13-22-20(21-15-27(34-4)26(32)14-23(21)25)11-12-29(3)24(22)9-10-28(29)30-33;1-26-9-8-17-18-13-24(34-2)23(32)12-20(18)22(11-19(17)21(26)6-7-25(26)33)31-35-14-15-4-3-5-16(10-15)36-27(28,29)30;1-16-4-6-17(7-5-16)15-32-28-23-12-20-18(10-11-27(2)22(20)8-9-26(27)30)19-14-25(31-3)24(29)13-21(19)23/h5-8,14-15,17,20,22,24,32-33H,9-13,16H2,1-4H3;3-5,10,12-13,17,19,21,25,32-33H,6-9,11,14H2,1-2H3;4-7,13-14,18,20,22,26,29-30H,8-12,15H2,1-3H3/b30-28+,31-25+;31-22+;28-23+/t20-,22-,24+,29+;17-,19-,21+,25+,26+;18-,20-,22+,26+,27+/m111/s1. The summed E-state index contributed by atoms with van der Waals surface area (Å²) in [6.07, 6.45) is 8.39. The van der Waals surface area contributed by atoms with Crippen molar-refractivity contribution in [1.29, 1.82) is 0 Å². The Bertz CT molecular complexity index is 4200. The first-order valence-corrected chi connectivity index (χ1v) is 36.7. The fourth-order valence-electron chi connectivity index (χ4n) is 20.0. The highest BCUT2D eigenvalue weighted by Gasteiger charge is 2.58. The van der Waals surface area contributed by atoms with Gasteiger partial charge < -0.3 is 64.2 Å². The topological polar surface area (TPSA) is 235 Å². The van der Waals surface area contributed by atoms with E-state index in [4.69, 9.17) is 28.7 Å². The number of hydrogen-bond acceptors (Lipinski definition) is 17. The van der Waals surface area contributed by atoms with Crippen molar-refractivity contribution in [3.05, 3.63) is 170 Å². The third-order valence-electron chi connectivity index (χ3n) is 25.7. The molecule has 0 aromatic heterocycles. The zero-order valence-electron chi connectivity index (χ0n) is 60.5. The van der Waals surface area contributed by atoms with Crippen LogP contribution >= 0.6 is 0 Å². The number of nitrogens with zero attached hydrogens (tertiary/aromatic N) is 4. The fraction of sp³-hybridized carbons (Fsp3) is 0.518. The minimum Gasteiger partial charge on any atom is -0.504 e. The van der Waals surface area contributed by atoms with Gasteiger partial charge in [-0.05, 0) is 261 Å². The molecule has 6 fully saturated rings. The van der Waals surface area contributed by atoms with Crippen LogP contribution in [0.5, 0.6) is 40.2 Å². The summed E-state index contributed by atoms with van der Waals surface area (Å²) in [6.45, 7) is 13.9. The number of phenolic OH excluding ortho intramolecular Hbond substituents is 3. The number of alkyl halides is 3. The van der Waals surface area contributed by atoms with E-state index >= 15 is 0 Å². The Hall–Kier alpha value is -8.49. The molecule has 6 saturated carbocycles. The molecule has 0 unspecified atom stereocenters. The molecule has 20 heteroatoms. The third kappa shape index (κ3) is 14.4. The lowest BCUT2D eigenvalue weighted by Gasteiger charge is -2.50. The molecule has 6 aromatic carbocycles.